The minimum Gasteiger partial charge on any atom is -0.301 e. The molecule has 0 bridgehead atoms. The summed E-state index contributed by atoms with van der Waals surface area (Å²) in [6, 6.07) is 0. The van der Waals surface area contributed by atoms with Crippen molar-refractivity contribution in [3.63, 3.8) is 0 Å². The highest BCUT2D eigenvalue weighted by atomic mass is 27.2. The molecule has 21 heavy (non-hydrogen) atoms. The maximum atomic E-state index is 11.4. The van der Waals surface area contributed by atoms with Gasteiger partial charge in [-0.2, -0.15) is 0 Å². The predicted molar refractivity (Wildman–Crippen MR) is 97.6 cm³/mol. The zero-order valence-corrected chi connectivity index (χ0v) is 16.2. The van der Waals surface area contributed by atoms with Crippen molar-refractivity contribution < 1.29 is 4.79 Å². The van der Waals surface area contributed by atoms with Crippen LogP contribution < -0.4 is 0 Å². The highest BCUT2D eigenvalue weighted by Gasteiger charge is 2.17. The number of rotatable bonds is 16. The second-order valence-corrected chi connectivity index (χ2v) is 10.2. The van der Waals surface area contributed by atoms with E-state index >= 15 is 0 Å². The second-order valence-electron chi connectivity index (χ2n) is 6.89. The molecule has 0 rings (SSSR count). The smallest absolute Gasteiger partial charge is 0.272 e. The molecule has 0 amide bonds. The van der Waals surface area contributed by atoms with Crippen molar-refractivity contribution in [3.8, 4) is 0 Å². The van der Waals surface area contributed by atoms with Crippen molar-refractivity contribution in [3.05, 3.63) is 0 Å². The summed E-state index contributed by atoms with van der Waals surface area (Å²) in [5.41, 5.74) is 0. The molecule has 0 saturated carbocycles. The fraction of sp³-hybridized carbons (Fsp3) is 0.947. The maximum absolute atomic E-state index is 11.4. The van der Waals surface area contributed by atoms with Crippen molar-refractivity contribution in [1.82, 2.24) is 0 Å². The molecule has 0 fully saturated rings. The van der Waals surface area contributed by atoms with Gasteiger partial charge in [-0.05, 0) is 12.2 Å². The van der Waals surface area contributed by atoms with Crippen molar-refractivity contribution in [2.45, 2.75) is 114 Å². The van der Waals surface area contributed by atoms with Gasteiger partial charge in [0.2, 0.25) is 0 Å². The number of carbonyl (C=O) groups excluding carboxylic acids is 1. The molecule has 0 aromatic heterocycles. The highest BCUT2D eigenvalue weighted by molar-refractivity contribution is 6.62. The molecule has 0 heterocycles. The molecule has 124 valence electrons. The van der Waals surface area contributed by atoms with Gasteiger partial charge < -0.3 is 4.79 Å². The van der Waals surface area contributed by atoms with E-state index in [9.17, 15) is 4.79 Å². The fourth-order valence-electron chi connectivity index (χ4n) is 3.18. The maximum Gasteiger partial charge on any atom is 0.272 e. The summed E-state index contributed by atoms with van der Waals surface area (Å²) in [6.07, 6.45) is 16.7. The average molecular weight is 311 g/mol. The highest BCUT2D eigenvalue weighted by Crippen LogP contribution is 2.17. The molecule has 0 N–H and O–H groups in total. The summed E-state index contributed by atoms with van der Waals surface area (Å²) in [7, 11) is 0. The van der Waals surface area contributed by atoms with Gasteiger partial charge in [-0.15, -0.1) is 0 Å². The van der Waals surface area contributed by atoms with Crippen molar-refractivity contribution in [2.75, 3.05) is 0 Å². The number of carbonyl (C=O) groups is 1. The third kappa shape index (κ3) is 16.4. The van der Waals surface area contributed by atoms with Crippen LogP contribution in [-0.2, 0) is 4.79 Å². The molecule has 0 unspecified atom stereocenters. The Bertz CT molecular complexity index is 212. The molecule has 0 aliphatic carbocycles. The average Bonchev–Trinajstić information content (AvgIpc) is 2.45. The minimum absolute atomic E-state index is 0.448. The third-order valence-corrected chi connectivity index (χ3v) is 8.11. The van der Waals surface area contributed by atoms with Crippen LogP contribution in [0.4, 0.5) is 0 Å². The number of Topliss-reactive ketones (excluding diaryl/α,β-unsaturated/α-hetero) is 1. The van der Waals surface area contributed by atoms with Gasteiger partial charge in [0, 0.05) is 0 Å². The topological polar surface area (TPSA) is 17.1 Å². The Kier molecular flexibility index (Phi) is 16.7. The zero-order valence-electron chi connectivity index (χ0n) is 15.1. The molecule has 1 nitrogen and oxygen atoms in total. The van der Waals surface area contributed by atoms with Gasteiger partial charge in [-0.25, -0.2) is 0 Å². The summed E-state index contributed by atoms with van der Waals surface area (Å²) < 4.78 is 0. The van der Waals surface area contributed by atoms with Gasteiger partial charge >= 0.3 is 0 Å². The first-order valence-electron chi connectivity index (χ1n) is 9.70. The lowest BCUT2D eigenvalue weighted by atomic mass is 10.1. The standard InChI is InChI=1S/2C8H17.C3H5O.Al/c2*1-3-5-7-8-6-4-2;1-3(2)4;/h2*1,3-8H2,2H3;1H2,2H3;. The Morgan fingerprint density at radius 1 is 0.667 bits per heavy atom. The van der Waals surface area contributed by atoms with Gasteiger partial charge in [-0.3, -0.25) is 0 Å². The molecule has 0 aromatic carbocycles. The molecule has 0 aliphatic rings. The first kappa shape index (κ1) is 21.2. The van der Waals surface area contributed by atoms with Crippen LogP contribution in [0.1, 0.15) is 97.8 Å². The SMILES string of the molecule is CCCCCCC[CH2][Al]([CH2]CCCCCCC)[CH2]C(C)=O. The largest absolute Gasteiger partial charge is 0.301 e. The van der Waals surface area contributed by atoms with E-state index in [2.05, 4.69) is 13.8 Å². The first-order chi connectivity index (χ1) is 10.2. The van der Waals surface area contributed by atoms with E-state index in [-0.39, 0.29) is 0 Å². The lowest BCUT2D eigenvalue weighted by Gasteiger charge is -2.10. The quantitative estimate of drug-likeness (QED) is 0.226. The van der Waals surface area contributed by atoms with E-state index in [1.807, 2.05) is 0 Å². The zero-order chi connectivity index (χ0) is 15.8. The molecule has 0 spiro atoms. The van der Waals surface area contributed by atoms with Crippen molar-refractivity contribution >= 4 is 19.9 Å². The molecule has 0 aliphatic heterocycles. The number of unbranched alkanes of at least 4 members (excludes halogenated alkanes) is 10. The van der Waals surface area contributed by atoms with Gasteiger partial charge in [0.05, 0.1) is 0 Å². The minimum atomic E-state index is -0.759. The lowest BCUT2D eigenvalue weighted by molar-refractivity contribution is -0.115. The van der Waals surface area contributed by atoms with Crippen LogP contribution in [0.15, 0.2) is 0 Å². The van der Waals surface area contributed by atoms with E-state index < -0.39 is 14.1 Å². The Balaban J connectivity index is 3.64. The molecule has 0 atom stereocenters. The van der Waals surface area contributed by atoms with Crippen LogP contribution in [0.5, 0.6) is 0 Å². The van der Waals surface area contributed by atoms with Crippen LogP contribution in [0, 0.1) is 0 Å². The van der Waals surface area contributed by atoms with Crippen molar-refractivity contribution in [1.29, 1.82) is 0 Å². The van der Waals surface area contributed by atoms with E-state index in [4.69, 9.17) is 0 Å². The number of hydrogen-bond donors (Lipinski definition) is 0. The van der Waals surface area contributed by atoms with Crippen LogP contribution in [0.3, 0.4) is 0 Å². The third-order valence-electron chi connectivity index (χ3n) is 4.51. The van der Waals surface area contributed by atoms with Crippen LogP contribution in [0.2, 0.25) is 15.8 Å². The van der Waals surface area contributed by atoms with Crippen LogP contribution in [-0.4, -0.2) is 19.9 Å². The number of ketones is 1. The normalized spacial score (nSPS) is 10.8. The molecular weight excluding hydrogens is 271 g/mol. The van der Waals surface area contributed by atoms with Gasteiger partial charge in [0.15, 0.2) is 0 Å². The fourth-order valence-corrected chi connectivity index (χ4v) is 6.42. The Morgan fingerprint density at radius 3 is 1.43 bits per heavy atom. The van der Waals surface area contributed by atoms with E-state index in [0.717, 1.165) is 5.28 Å². The van der Waals surface area contributed by atoms with Crippen LogP contribution in [0.25, 0.3) is 0 Å². The molecular formula is C19H39AlO. The summed E-state index contributed by atoms with van der Waals surface area (Å²) in [4.78, 5) is 11.4. The Hall–Kier alpha value is 0.202. The summed E-state index contributed by atoms with van der Waals surface area (Å²) >= 11 is -0.759. The summed E-state index contributed by atoms with van der Waals surface area (Å²) in [5.74, 6) is 0.448. The van der Waals surface area contributed by atoms with Gasteiger partial charge in [0.1, 0.15) is 5.78 Å². The lowest BCUT2D eigenvalue weighted by Crippen LogP contribution is -2.15. The first-order valence-corrected chi connectivity index (χ1v) is 12.1. The van der Waals surface area contributed by atoms with Gasteiger partial charge in [0.25, 0.3) is 14.1 Å². The van der Waals surface area contributed by atoms with Crippen LogP contribution >= 0.6 is 0 Å². The van der Waals surface area contributed by atoms with E-state index in [1.54, 1.807) is 6.92 Å². The monoisotopic (exact) mass is 310 g/mol. The Labute approximate surface area is 138 Å². The molecule has 0 aromatic rings. The molecule has 2 heteroatoms. The van der Waals surface area contributed by atoms with Gasteiger partial charge in [-0.1, -0.05) is 101 Å². The van der Waals surface area contributed by atoms with E-state index in [1.165, 1.54) is 87.6 Å². The predicted octanol–water partition coefficient (Wildman–Crippen LogP) is 6.79. The Morgan fingerprint density at radius 2 is 1.05 bits per heavy atom. The molecule has 0 radical (unpaired) electrons. The summed E-state index contributed by atoms with van der Waals surface area (Å²) in [6.45, 7) is 6.34. The van der Waals surface area contributed by atoms with Crippen molar-refractivity contribution in [2.24, 2.45) is 0 Å². The second kappa shape index (κ2) is 16.6. The summed E-state index contributed by atoms with van der Waals surface area (Å²) in [5, 5.41) is 3.80. The van der Waals surface area contributed by atoms with E-state index in [0.29, 0.717) is 5.78 Å². The molecule has 0 saturated heterocycles. The number of hydrogen-bond acceptors (Lipinski definition) is 1.